The van der Waals surface area contributed by atoms with Crippen molar-refractivity contribution in [3.05, 3.63) is 65.7 Å². The van der Waals surface area contributed by atoms with Crippen LogP contribution < -0.4 is 10.1 Å². The summed E-state index contributed by atoms with van der Waals surface area (Å²) in [5.41, 5.74) is 2.37. The second-order valence-electron chi connectivity index (χ2n) is 8.52. The molecule has 2 amide bonds. The number of aryl methyl sites for hydroxylation is 1. The third-order valence-corrected chi connectivity index (χ3v) is 6.27. The molecule has 0 aromatic heterocycles. The molecule has 1 N–H and O–H groups in total. The Kier molecular flexibility index (Phi) is 9.14. The summed E-state index contributed by atoms with van der Waals surface area (Å²) >= 11 is 0. The minimum Gasteiger partial charge on any atom is -0.484 e. The first-order chi connectivity index (χ1) is 15.6. The van der Waals surface area contributed by atoms with Crippen molar-refractivity contribution in [2.24, 2.45) is 0 Å². The zero-order valence-electron chi connectivity index (χ0n) is 19.4. The molecule has 3 rings (SSSR count). The van der Waals surface area contributed by atoms with Crippen molar-refractivity contribution in [3.8, 4) is 5.75 Å². The summed E-state index contributed by atoms with van der Waals surface area (Å²) in [4.78, 5) is 28.0. The van der Waals surface area contributed by atoms with E-state index in [1.54, 1.807) is 4.90 Å². The van der Waals surface area contributed by atoms with Crippen LogP contribution in [-0.2, 0) is 22.4 Å². The predicted molar refractivity (Wildman–Crippen MR) is 128 cm³/mol. The summed E-state index contributed by atoms with van der Waals surface area (Å²) < 4.78 is 5.79. The topological polar surface area (TPSA) is 58.6 Å². The first kappa shape index (κ1) is 23.8. The Labute approximate surface area is 192 Å². The maximum atomic E-state index is 13.2. The van der Waals surface area contributed by atoms with E-state index in [9.17, 15) is 9.59 Å². The van der Waals surface area contributed by atoms with Crippen LogP contribution in [-0.4, -0.2) is 41.9 Å². The number of benzene rings is 2. The Morgan fingerprint density at radius 2 is 1.69 bits per heavy atom. The standard InChI is InChI=1S/C27H36N2O3/c1-3-21-14-16-24(17-15-21)32-20-26(30)29(19-18-22-10-6-5-7-11-22)25(4-2)27(31)28-23-12-8-9-13-23/h5-7,10-11,14-17,23,25H,3-4,8-9,12-13,18-20H2,1-2H3,(H,28,31). The van der Waals surface area contributed by atoms with Gasteiger partial charge in [-0.3, -0.25) is 9.59 Å². The number of nitrogens with zero attached hydrogens (tertiary/aromatic N) is 1. The van der Waals surface area contributed by atoms with Gasteiger partial charge in [0, 0.05) is 12.6 Å². The van der Waals surface area contributed by atoms with Crippen LogP contribution in [0.5, 0.6) is 5.75 Å². The van der Waals surface area contributed by atoms with Crippen molar-refractivity contribution in [1.82, 2.24) is 10.2 Å². The number of hydrogen-bond donors (Lipinski definition) is 1. The molecule has 1 unspecified atom stereocenters. The zero-order valence-corrected chi connectivity index (χ0v) is 19.4. The van der Waals surface area contributed by atoms with Gasteiger partial charge in [-0.25, -0.2) is 0 Å². The molecule has 5 nitrogen and oxygen atoms in total. The molecular formula is C27H36N2O3. The van der Waals surface area contributed by atoms with Gasteiger partial charge in [0.25, 0.3) is 5.91 Å². The van der Waals surface area contributed by atoms with E-state index in [4.69, 9.17) is 4.74 Å². The van der Waals surface area contributed by atoms with Gasteiger partial charge in [-0.05, 0) is 55.4 Å². The first-order valence-corrected chi connectivity index (χ1v) is 12.0. The van der Waals surface area contributed by atoms with Crippen LogP contribution in [0.15, 0.2) is 54.6 Å². The Morgan fingerprint density at radius 1 is 1.00 bits per heavy atom. The lowest BCUT2D eigenvalue weighted by atomic mass is 10.1. The number of carbonyl (C=O) groups excluding carboxylic acids is 2. The van der Waals surface area contributed by atoms with Gasteiger partial charge in [0.05, 0.1) is 0 Å². The lowest BCUT2D eigenvalue weighted by Crippen LogP contribution is -2.52. The molecule has 0 saturated heterocycles. The SMILES string of the molecule is CCc1ccc(OCC(=O)N(CCc2ccccc2)C(CC)C(=O)NC2CCCC2)cc1. The molecule has 2 aromatic carbocycles. The Balaban J connectivity index is 1.68. The molecule has 5 heteroatoms. The molecule has 172 valence electrons. The van der Waals surface area contributed by atoms with Crippen LogP contribution in [0.3, 0.4) is 0 Å². The maximum absolute atomic E-state index is 13.2. The largest absolute Gasteiger partial charge is 0.484 e. The van der Waals surface area contributed by atoms with Crippen molar-refractivity contribution >= 4 is 11.8 Å². The van der Waals surface area contributed by atoms with Gasteiger partial charge < -0.3 is 15.0 Å². The Morgan fingerprint density at radius 3 is 2.31 bits per heavy atom. The quantitative estimate of drug-likeness (QED) is 0.563. The van der Waals surface area contributed by atoms with Gasteiger partial charge in [-0.1, -0.05) is 69.2 Å². The van der Waals surface area contributed by atoms with Crippen LogP contribution in [0.2, 0.25) is 0 Å². The summed E-state index contributed by atoms with van der Waals surface area (Å²) in [6.07, 6.45) is 6.59. The molecule has 2 aromatic rings. The van der Waals surface area contributed by atoms with E-state index in [0.29, 0.717) is 25.1 Å². The van der Waals surface area contributed by atoms with Gasteiger partial charge in [0.1, 0.15) is 11.8 Å². The smallest absolute Gasteiger partial charge is 0.261 e. The lowest BCUT2D eigenvalue weighted by molar-refractivity contribution is -0.142. The highest BCUT2D eigenvalue weighted by molar-refractivity contribution is 5.88. The zero-order chi connectivity index (χ0) is 22.8. The minimum atomic E-state index is -0.488. The third-order valence-electron chi connectivity index (χ3n) is 6.27. The molecule has 1 aliphatic rings. The van der Waals surface area contributed by atoms with Crippen LogP contribution in [0.1, 0.15) is 57.1 Å². The van der Waals surface area contributed by atoms with Crippen LogP contribution >= 0.6 is 0 Å². The van der Waals surface area contributed by atoms with Crippen molar-refractivity contribution in [2.45, 2.75) is 70.9 Å². The van der Waals surface area contributed by atoms with E-state index in [1.165, 1.54) is 5.56 Å². The van der Waals surface area contributed by atoms with Gasteiger partial charge >= 0.3 is 0 Å². The second-order valence-corrected chi connectivity index (χ2v) is 8.52. The number of nitrogens with one attached hydrogen (secondary N) is 1. The Bertz CT molecular complexity index is 845. The van der Waals surface area contributed by atoms with E-state index in [0.717, 1.165) is 37.7 Å². The average molecular weight is 437 g/mol. The van der Waals surface area contributed by atoms with Crippen LogP contribution in [0.25, 0.3) is 0 Å². The summed E-state index contributed by atoms with van der Waals surface area (Å²) in [6, 6.07) is 17.6. The fourth-order valence-electron chi connectivity index (χ4n) is 4.31. The van der Waals surface area contributed by atoms with Gasteiger partial charge in [-0.15, -0.1) is 0 Å². The summed E-state index contributed by atoms with van der Waals surface area (Å²) in [5.74, 6) is 0.462. The van der Waals surface area contributed by atoms with Crippen molar-refractivity contribution in [2.75, 3.05) is 13.2 Å². The van der Waals surface area contributed by atoms with E-state index >= 15 is 0 Å². The van der Waals surface area contributed by atoms with E-state index < -0.39 is 6.04 Å². The maximum Gasteiger partial charge on any atom is 0.261 e. The number of amides is 2. The van der Waals surface area contributed by atoms with Crippen molar-refractivity contribution in [3.63, 3.8) is 0 Å². The number of hydrogen-bond acceptors (Lipinski definition) is 3. The van der Waals surface area contributed by atoms with Gasteiger partial charge in [0.2, 0.25) is 5.91 Å². The molecule has 1 atom stereocenters. The molecule has 1 saturated carbocycles. The molecule has 1 aliphatic carbocycles. The monoisotopic (exact) mass is 436 g/mol. The highest BCUT2D eigenvalue weighted by atomic mass is 16.5. The van der Waals surface area contributed by atoms with E-state index in [1.807, 2.05) is 61.5 Å². The van der Waals surface area contributed by atoms with Crippen molar-refractivity contribution < 1.29 is 14.3 Å². The number of carbonyl (C=O) groups is 2. The highest BCUT2D eigenvalue weighted by Crippen LogP contribution is 2.19. The molecule has 1 fully saturated rings. The summed E-state index contributed by atoms with van der Waals surface area (Å²) in [7, 11) is 0. The highest BCUT2D eigenvalue weighted by Gasteiger charge is 2.30. The minimum absolute atomic E-state index is 0.0480. The molecule has 0 aliphatic heterocycles. The molecule has 32 heavy (non-hydrogen) atoms. The van der Waals surface area contributed by atoms with Crippen LogP contribution in [0.4, 0.5) is 0 Å². The van der Waals surface area contributed by atoms with Crippen molar-refractivity contribution in [1.29, 1.82) is 0 Å². The van der Waals surface area contributed by atoms with Crippen LogP contribution in [0, 0.1) is 0 Å². The molecule has 0 spiro atoms. The van der Waals surface area contributed by atoms with Gasteiger partial charge in [-0.2, -0.15) is 0 Å². The lowest BCUT2D eigenvalue weighted by Gasteiger charge is -2.31. The average Bonchev–Trinajstić information content (AvgIpc) is 3.34. The molecular weight excluding hydrogens is 400 g/mol. The number of rotatable bonds is 11. The fourth-order valence-corrected chi connectivity index (χ4v) is 4.31. The summed E-state index contributed by atoms with van der Waals surface area (Å²) in [5, 5.41) is 3.18. The Hall–Kier alpha value is -2.82. The fraction of sp³-hybridized carbons (Fsp3) is 0.481. The number of ether oxygens (including phenoxy) is 1. The van der Waals surface area contributed by atoms with E-state index in [-0.39, 0.29) is 24.5 Å². The molecule has 0 heterocycles. The summed E-state index contributed by atoms with van der Waals surface area (Å²) in [6.45, 7) is 4.47. The molecule has 0 radical (unpaired) electrons. The van der Waals surface area contributed by atoms with Gasteiger partial charge in [0.15, 0.2) is 6.61 Å². The second kappa shape index (κ2) is 12.3. The first-order valence-electron chi connectivity index (χ1n) is 12.0. The third kappa shape index (κ3) is 6.84. The predicted octanol–water partition coefficient (Wildman–Crippen LogP) is 4.54. The normalized spacial score (nSPS) is 14.7. The molecule has 0 bridgehead atoms. The van der Waals surface area contributed by atoms with E-state index in [2.05, 4.69) is 12.2 Å².